The van der Waals surface area contributed by atoms with Crippen LogP contribution in [0.4, 0.5) is 11.5 Å². The van der Waals surface area contributed by atoms with Crippen molar-refractivity contribution >= 4 is 43.3 Å². The summed E-state index contributed by atoms with van der Waals surface area (Å²) in [5.74, 6) is 0.602. The average Bonchev–Trinajstić information content (AvgIpc) is 3.15. The number of para-hydroxylation sites is 1. The van der Waals surface area contributed by atoms with Gasteiger partial charge in [-0.1, -0.05) is 43.3 Å². The Morgan fingerprint density at radius 3 is 2.38 bits per heavy atom. The molecule has 1 saturated heterocycles. The number of anilines is 2. The summed E-state index contributed by atoms with van der Waals surface area (Å²) in [6.07, 6.45) is 0.921. The molecule has 1 aliphatic heterocycles. The normalized spacial score (nSPS) is 14.8. The van der Waals surface area contributed by atoms with Gasteiger partial charge < -0.3 is 14.4 Å². The molecule has 3 heterocycles. The number of hydrogen-bond acceptors (Lipinski definition) is 5. The minimum Gasteiger partial charge on any atom is -0.368 e. The molecule has 1 aliphatic rings. The summed E-state index contributed by atoms with van der Waals surface area (Å²) in [7, 11) is 0. The molecule has 4 aromatic rings. The molecule has 0 spiro atoms. The molecule has 0 aliphatic carbocycles. The summed E-state index contributed by atoms with van der Waals surface area (Å²) < 4.78 is 3.13. The van der Waals surface area contributed by atoms with Gasteiger partial charge in [-0.15, -0.1) is 11.3 Å². The van der Waals surface area contributed by atoms with Gasteiger partial charge in [-0.3, -0.25) is 4.79 Å². The van der Waals surface area contributed by atoms with E-state index in [4.69, 9.17) is 4.98 Å². The highest BCUT2D eigenvalue weighted by Crippen LogP contribution is 2.33. The second kappa shape index (κ2) is 7.52. The van der Waals surface area contributed by atoms with Crippen molar-refractivity contribution in [2.24, 2.45) is 0 Å². The maximum absolute atomic E-state index is 13.4. The number of rotatable bonds is 4. The average molecular weight is 405 g/mol. The molecule has 29 heavy (non-hydrogen) atoms. The smallest absolute Gasteiger partial charge is 0.294 e. The van der Waals surface area contributed by atoms with Crippen molar-refractivity contribution < 1.29 is 0 Å². The molecule has 148 valence electrons. The van der Waals surface area contributed by atoms with E-state index in [1.54, 1.807) is 11.3 Å². The number of benzene rings is 2. The summed E-state index contributed by atoms with van der Waals surface area (Å²) in [5.41, 5.74) is 2.27. The van der Waals surface area contributed by atoms with Gasteiger partial charge in [-0.2, -0.15) is 0 Å². The summed E-state index contributed by atoms with van der Waals surface area (Å²) >= 11 is 1.68. The SMILES string of the molecule is CCCn1c(=O)c(N2CCN(c3ccccc3)CC2)nc2sc3ccccc3c21. The van der Waals surface area contributed by atoms with Crippen LogP contribution in [-0.4, -0.2) is 35.7 Å². The number of piperazine rings is 1. The van der Waals surface area contributed by atoms with E-state index in [0.717, 1.165) is 54.9 Å². The first-order chi connectivity index (χ1) is 14.3. The lowest BCUT2D eigenvalue weighted by molar-refractivity contribution is 0.630. The van der Waals surface area contributed by atoms with Crippen LogP contribution in [0.1, 0.15) is 13.3 Å². The predicted octanol–water partition coefficient (Wildman–Crippen LogP) is 4.35. The van der Waals surface area contributed by atoms with E-state index in [9.17, 15) is 4.79 Å². The van der Waals surface area contributed by atoms with Crippen LogP contribution in [-0.2, 0) is 6.54 Å². The van der Waals surface area contributed by atoms with Crippen LogP contribution < -0.4 is 15.4 Å². The van der Waals surface area contributed by atoms with Crippen molar-refractivity contribution in [3.8, 4) is 0 Å². The van der Waals surface area contributed by atoms with Gasteiger partial charge in [0.25, 0.3) is 5.56 Å². The summed E-state index contributed by atoms with van der Waals surface area (Å²) in [6, 6.07) is 18.8. The number of nitrogens with zero attached hydrogens (tertiary/aromatic N) is 4. The highest BCUT2D eigenvalue weighted by atomic mass is 32.1. The largest absolute Gasteiger partial charge is 0.368 e. The van der Waals surface area contributed by atoms with Crippen LogP contribution in [0.15, 0.2) is 59.4 Å². The number of hydrogen-bond donors (Lipinski definition) is 0. The first kappa shape index (κ1) is 18.2. The van der Waals surface area contributed by atoms with Crippen molar-refractivity contribution in [2.75, 3.05) is 36.0 Å². The minimum absolute atomic E-state index is 0.0380. The highest BCUT2D eigenvalue weighted by molar-refractivity contribution is 7.25. The van der Waals surface area contributed by atoms with Gasteiger partial charge in [-0.25, -0.2) is 4.98 Å². The van der Waals surface area contributed by atoms with Crippen LogP contribution in [0.3, 0.4) is 0 Å². The Kier molecular flexibility index (Phi) is 4.72. The molecule has 0 amide bonds. The van der Waals surface area contributed by atoms with E-state index in [0.29, 0.717) is 5.82 Å². The third-order valence-electron chi connectivity index (χ3n) is 5.61. The molecule has 0 N–H and O–H groups in total. The van der Waals surface area contributed by atoms with Gasteiger partial charge in [0, 0.05) is 48.5 Å². The van der Waals surface area contributed by atoms with Gasteiger partial charge in [0.15, 0.2) is 5.82 Å². The Labute approximate surface area is 173 Å². The minimum atomic E-state index is 0.0380. The Bertz CT molecular complexity index is 1210. The van der Waals surface area contributed by atoms with E-state index < -0.39 is 0 Å². The molecule has 0 atom stereocenters. The van der Waals surface area contributed by atoms with Crippen molar-refractivity contribution in [1.29, 1.82) is 0 Å². The third-order valence-corrected chi connectivity index (χ3v) is 6.67. The Morgan fingerprint density at radius 1 is 0.931 bits per heavy atom. The Hall–Kier alpha value is -2.86. The topological polar surface area (TPSA) is 41.4 Å². The van der Waals surface area contributed by atoms with Gasteiger partial charge in [0.2, 0.25) is 0 Å². The fourth-order valence-corrected chi connectivity index (χ4v) is 5.26. The molecule has 0 radical (unpaired) electrons. The molecule has 6 heteroatoms. The van der Waals surface area contributed by atoms with E-state index in [-0.39, 0.29) is 5.56 Å². The second-order valence-corrected chi connectivity index (χ2v) is 8.48. The zero-order valence-electron chi connectivity index (χ0n) is 16.5. The maximum atomic E-state index is 13.4. The summed E-state index contributed by atoms with van der Waals surface area (Å²) in [5, 5.41) is 1.13. The van der Waals surface area contributed by atoms with Gasteiger partial charge in [-0.05, 0) is 24.6 Å². The number of aromatic nitrogens is 2. The fourth-order valence-electron chi connectivity index (χ4n) is 4.18. The zero-order chi connectivity index (χ0) is 19.8. The quantitative estimate of drug-likeness (QED) is 0.507. The molecular weight excluding hydrogens is 380 g/mol. The van der Waals surface area contributed by atoms with Crippen molar-refractivity contribution in [2.45, 2.75) is 19.9 Å². The maximum Gasteiger partial charge on any atom is 0.294 e. The number of fused-ring (bicyclic) bond motifs is 3. The van der Waals surface area contributed by atoms with Crippen LogP contribution in [0, 0.1) is 0 Å². The summed E-state index contributed by atoms with van der Waals surface area (Å²) in [6.45, 7) is 6.23. The van der Waals surface area contributed by atoms with Crippen molar-refractivity contribution in [1.82, 2.24) is 9.55 Å². The Balaban J connectivity index is 1.53. The highest BCUT2D eigenvalue weighted by Gasteiger charge is 2.23. The van der Waals surface area contributed by atoms with Gasteiger partial charge in [0.05, 0.1) is 5.52 Å². The van der Waals surface area contributed by atoms with E-state index in [1.165, 1.54) is 10.4 Å². The first-order valence-electron chi connectivity index (χ1n) is 10.2. The molecule has 0 bridgehead atoms. The zero-order valence-corrected chi connectivity index (χ0v) is 17.4. The lowest BCUT2D eigenvalue weighted by Crippen LogP contribution is -2.48. The predicted molar refractivity (Wildman–Crippen MR) is 123 cm³/mol. The van der Waals surface area contributed by atoms with Crippen LogP contribution in [0.5, 0.6) is 0 Å². The van der Waals surface area contributed by atoms with E-state index in [1.807, 2.05) is 22.8 Å². The van der Waals surface area contributed by atoms with Crippen molar-refractivity contribution in [3.05, 3.63) is 65.0 Å². The van der Waals surface area contributed by atoms with Crippen LogP contribution >= 0.6 is 11.3 Å². The summed E-state index contributed by atoms with van der Waals surface area (Å²) in [4.78, 5) is 23.8. The first-order valence-corrected chi connectivity index (χ1v) is 11.0. The standard InChI is InChI=1S/C23H24N4OS/c1-2-12-27-20-18-10-6-7-11-19(18)29-22(20)24-21(23(27)28)26-15-13-25(14-16-26)17-8-4-3-5-9-17/h3-11H,2,12-16H2,1H3. The van der Waals surface area contributed by atoms with Crippen LogP contribution in [0.25, 0.3) is 20.4 Å². The number of aryl methyl sites for hydroxylation is 1. The van der Waals surface area contributed by atoms with Gasteiger partial charge in [0.1, 0.15) is 4.83 Å². The van der Waals surface area contributed by atoms with Crippen molar-refractivity contribution in [3.63, 3.8) is 0 Å². The van der Waals surface area contributed by atoms with Crippen LogP contribution in [0.2, 0.25) is 0 Å². The third kappa shape index (κ3) is 3.17. The fraction of sp³-hybridized carbons (Fsp3) is 0.304. The monoisotopic (exact) mass is 404 g/mol. The van der Waals surface area contributed by atoms with E-state index >= 15 is 0 Å². The second-order valence-electron chi connectivity index (χ2n) is 7.45. The molecular formula is C23H24N4OS. The molecule has 1 fully saturated rings. The molecule has 5 rings (SSSR count). The Morgan fingerprint density at radius 2 is 1.62 bits per heavy atom. The lowest BCUT2D eigenvalue weighted by Gasteiger charge is -2.36. The molecule has 0 saturated carbocycles. The number of thiophene rings is 1. The molecule has 0 unspecified atom stereocenters. The molecule has 5 nitrogen and oxygen atoms in total. The molecule has 2 aromatic heterocycles. The van der Waals surface area contributed by atoms with E-state index in [2.05, 4.69) is 53.1 Å². The lowest BCUT2D eigenvalue weighted by atomic mass is 10.2. The molecule has 2 aromatic carbocycles. The van der Waals surface area contributed by atoms with Gasteiger partial charge >= 0.3 is 0 Å².